The summed E-state index contributed by atoms with van der Waals surface area (Å²) in [6.07, 6.45) is -0.457. The van der Waals surface area contributed by atoms with Crippen LogP contribution in [0.5, 0.6) is 0 Å². The van der Waals surface area contributed by atoms with Crippen LogP contribution < -0.4 is 10.2 Å². The number of aromatic nitrogens is 3. The summed E-state index contributed by atoms with van der Waals surface area (Å²) in [5.41, 5.74) is 2.45. The molecule has 0 spiro atoms. The van der Waals surface area contributed by atoms with E-state index in [0.717, 1.165) is 41.2 Å². The monoisotopic (exact) mass is 455 g/mol. The SMILES string of the molecule is O=C(Nc1cc(F)cc(C(F)(F)F)c1)c1ccc2c(c1)N(Cc1cnc3[nH]ncc3c1)CC2. The van der Waals surface area contributed by atoms with E-state index in [1.807, 2.05) is 12.1 Å². The second-order valence-corrected chi connectivity index (χ2v) is 7.85. The molecule has 3 heterocycles. The van der Waals surface area contributed by atoms with Crippen molar-refractivity contribution in [3.05, 3.63) is 82.9 Å². The van der Waals surface area contributed by atoms with Crippen LogP contribution in [0.15, 0.2) is 54.9 Å². The molecule has 2 aromatic carbocycles. The van der Waals surface area contributed by atoms with Crippen LogP contribution in [0.25, 0.3) is 11.0 Å². The Hall–Kier alpha value is -3.95. The number of nitrogens with zero attached hydrogens (tertiary/aromatic N) is 3. The van der Waals surface area contributed by atoms with Crippen LogP contribution in [0.4, 0.5) is 28.9 Å². The molecular formula is C23H17F4N5O. The molecule has 0 radical (unpaired) electrons. The minimum Gasteiger partial charge on any atom is -0.367 e. The number of aromatic amines is 1. The largest absolute Gasteiger partial charge is 0.416 e. The Balaban J connectivity index is 1.37. The number of anilines is 2. The first-order chi connectivity index (χ1) is 15.8. The van der Waals surface area contributed by atoms with E-state index in [9.17, 15) is 22.4 Å². The van der Waals surface area contributed by atoms with E-state index in [1.54, 1.807) is 24.5 Å². The molecule has 0 saturated carbocycles. The highest BCUT2D eigenvalue weighted by atomic mass is 19.4. The number of rotatable bonds is 4. The average Bonchev–Trinajstić information content (AvgIpc) is 3.39. The Morgan fingerprint density at radius 1 is 1.12 bits per heavy atom. The van der Waals surface area contributed by atoms with Crippen molar-refractivity contribution in [3.8, 4) is 0 Å². The zero-order chi connectivity index (χ0) is 23.2. The molecule has 0 bridgehead atoms. The summed E-state index contributed by atoms with van der Waals surface area (Å²) in [6, 6.07) is 9.08. The van der Waals surface area contributed by atoms with Gasteiger partial charge in [-0.25, -0.2) is 9.37 Å². The molecule has 168 valence electrons. The topological polar surface area (TPSA) is 73.9 Å². The van der Waals surface area contributed by atoms with Crippen LogP contribution in [-0.4, -0.2) is 27.6 Å². The molecule has 0 aliphatic carbocycles. The van der Waals surface area contributed by atoms with E-state index in [-0.39, 0.29) is 11.3 Å². The maximum atomic E-state index is 13.7. The number of halogens is 4. The molecule has 1 aliphatic rings. The number of hydrogen-bond donors (Lipinski definition) is 2. The predicted molar refractivity (Wildman–Crippen MR) is 114 cm³/mol. The second kappa shape index (κ2) is 7.88. The molecule has 5 rings (SSSR count). The van der Waals surface area contributed by atoms with Gasteiger partial charge in [-0.1, -0.05) is 6.07 Å². The van der Waals surface area contributed by atoms with Crippen molar-refractivity contribution in [2.45, 2.75) is 19.1 Å². The summed E-state index contributed by atoms with van der Waals surface area (Å²) in [5, 5.41) is 10.0. The van der Waals surface area contributed by atoms with Gasteiger partial charge in [0, 0.05) is 41.6 Å². The fraction of sp³-hybridized carbons (Fsp3) is 0.174. The number of nitrogens with one attached hydrogen (secondary N) is 2. The van der Waals surface area contributed by atoms with Crippen molar-refractivity contribution < 1.29 is 22.4 Å². The first-order valence-corrected chi connectivity index (χ1v) is 10.1. The third kappa shape index (κ3) is 4.23. The summed E-state index contributed by atoms with van der Waals surface area (Å²) in [7, 11) is 0. The first-order valence-electron chi connectivity index (χ1n) is 10.1. The van der Waals surface area contributed by atoms with E-state index in [1.165, 1.54) is 0 Å². The van der Waals surface area contributed by atoms with Crippen molar-refractivity contribution in [2.75, 3.05) is 16.8 Å². The fourth-order valence-corrected chi connectivity index (χ4v) is 3.97. The highest BCUT2D eigenvalue weighted by Crippen LogP contribution is 2.33. The van der Waals surface area contributed by atoms with Crippen LogP contribution >= 0.6 is 0 Å². The summed E-state index contributed by atoms with van der Waals surface area (Å²) < 4.78 is 52.5. The van der Waals surface area contributed by atoms with Crippen LogP contribution in [0.2, 0.25) is 0 Å². The van der Waals surface area contributed by atoms with E-state index < -0.39 is 23.5 Å². The first kappa shape index (κ1) is 20.9. The molecule has 6 nitrogen and oxygen atoms in total. The number of pyridine rings is 1. The predicted octanol–water partition coefficient (Wildman–Crippen LogP) is 4.93. The van der Waals surface area contributed by atoms with Crippen molar-refractivity contribution in [2.24, 2.45) is 0 Å². The number of carbonyl (C=O) groups is 1. The molecule has 0 atom stereocenters. The maximum Gasteiger partial charge on any atom is 0.416 e. The van der Waals surface area contributed by atoms with Gasteiger partial charge in [0.2, 0.25) is 0 Å². The lowest BCUT2D eigenvalue weighted by atomic mass is 10.1. The van der Waals surface area contributed by atoms with E-state index in [4.69, 9.17) is 0 Å². The molecule has 0 saturated heterocycles. The molecule has 0 fully saturated rings. The van der Waals surface area contributed by atoms with E-state index in [2.05, 4.69) is 25.4 Å². The third-order valence-corrected chi connectivity index (χ3v) is 5.54. The van der Waals surface area contributed by atoms with Crippen LogP contribution in [0, 0.1) is 5.82 Å². The number of alkyl halides is 3. The summed E-state index contributed by atoms with van der Waals surface area (Å²) in [5.74, 6) is -1.70. The number of H-pyrrole nitrogens is 1. The van der Waals surface area contributed by atoms with Crippen LogP contribution in [0.3, 0.4) is 0 Å². The lowest BCUT2D eigenvalue weighted by Gasteiger charge is -2.20. The van der Waals surface area contributed by atoms with Gasteiger partial charge in [-0.05, 0) is 53.9 Å². The van der Waals surface area contributed by atoms with Crippen molar-refractivity contribution in [3.63, 3.8) is 0 Å². The standard InChI is InChI=1S/C23H17F4N5O/c24-18-7-17(23(25,26)27)8-19(9-18)30-22(33)15-2-1-14-3-4-32(20(14)6-15)12-13-5-16-11-29-31-21(16)28-10-13/h1-2,5-11H,3-4,12H2,(H,30,33)(H,28,29,31). The Kier molecular flexibility index (Phi) is 4.99. The quantitative estimate of drug-likeness (QED) is 0.428. The summed E-state index contributed by atoms with van der Waals surface area (Å²) >= 11 is 0. The molecule has 1 aliphatic heterocycles. The Morgan fingerprint density at radius 3 is 2.79 bits per heavy atom. The van der Waals surface area contributed by atoms with E-state index in [0.29, 0.717) is 24.3 Å². The van der Waals surface area contributed by atoms with E-state index >= 15 is 0 Å². The summed E-state index contributed by atoms with van der Waals surface area (Å²) in [6.45, 7) is 1.33. The van der Waals surface area contributed by atoms with Crippen molar-refractivity contribution in [1.82, 2.24) is 15.2 Å². The number of benzene rings is 2. The number of fused-ring (bicyclic) bond motifs is 2. The zero-order valence-electron chi connectivity index (χ0n) is 17.1. The molecule has 1 amide bonds. The fourth-order valence-electron chi connectivity index (χ4n) is 3.97. The molecular weight excluding hydrogens is 438 g/mol. The molecule has 2 aromatic heterocycles. The number of carbonyl (C=O) groups excluding carboxylic acids is 1. The van der Waals surface area contributed by atoms with Gasteiger partial charge in [0.15, 0.2) is 5.65 Å². The minimum atomic E-state index is -4.72. The average molecular weight is 455 g/mol. The van der Waals surface area contributed by atoms with Crippen LogP contribution in [0.1, 0.15) is 27.0 Å². The van der Waals surface area contributed by atoms with Crippen molar-refractivity contribution in [1.29, 1.82) is 0 Å². The smallest absolute Gasteiger partial charge is 0.367 e. The van der Waals surface area contributed by atoms with Gasteiger partial charge in [-0.15, -0.1) is 0 Å². The molecule has 33 heavy (non-hydrogen) atoms. The summed E-state index contributed by atoms with van der Waals surface area (Å²) in [4.78, 5) is 19.2. The van der Waals surface area contributed by atoms with Crippen molar-refractivity contribution >= 4 is 28.3 Å². The Labute approximate surface area is 185 Å². The second-order valence-electron chi connectivity index (χ2n) is 7.85. The lowest BCUT2D eigenvalue weighted by molar-refractivity contribution is -0.137. The molecule has 2 N–H and O–H groups in total. The number of hydrogen-bond acceptors (Lipinski definition) is 4. The lowest BCUT2D eigenvalue weighted by Crippen LogP contribution is -2.20. The normalized spacial score (nSPS) is 13.4. The third-order valence-electron chi connectivity index (χ3n) is 5.54. The van der Waals surface area contributed by atoms with Gasteiger partial charge in [0.1, 0.15) is 5.82 Å². The van der Waals surface area contributed by atoms with Gasteiger partial charge in [-0.3, -0.25) is 9.89 Å². The van der Waals surface area contributed by atoms with Crippen LogP contribution in [-0.2, 0) is 19.1 Å². The number of amides is 1. The van der Waals surface area contributed by atoms with Gasteiger partial charge < -0.3 is 10.2 Å². The van der Waals surface area contributed by atoms with Gasteiger partial charge in [0.25, 0.3) is 5.91 Å². The van der Waals surface area contributed by atoms with Gasteiger partial charge >= 0.3 is 6.18 Å². The maximum absolute atomic E-state index is 13.7. The molecule has 4 aromatic rings. The van der Waals surface area contributed by atoms with Gasteiger partial charge in [-0.2, -0.15) is 18.3 Å². The zero-order valence-corrected chi connectivity index (χ0v) is 17.1. The molecule has 0 unspecified atom stereocenters. The molecule has 10 heteroatoms. The Morgan fingerprint density at radius 2 is 1.97 bits per heavy atom. The minimum absolute atomic E-state index is 0.260. The van der Waals surface area contributed by atoms with Gasteiger partial charge in [0.05, 0.1) is 11.8 Å². The highest BCUT2D eigenvalue weighted by molar-refractivity contribution is 6.05. The highest BCUT2D eigenvalue weighted by Gasteiger charge is 2.31. The Bertz CT molecular complexity index is 1360.